The van der Waals surface area contributed by atoms with Crippen LogP contribution >= 0.6 is 34.8 Å². The largest absolute Gasteiger partial charge is 0.452 e. The first kappa shape index (κ1) is 16.6. The minimum absolute atomic E-state index is 0.197. The van der Waals surface area contributed by atoms with E-state index in [4.69, 9.17) is 39.5 Å². The number of esters is 1. The molecule has 0 aromatic heterocycles. The lowest BCUT2D eigenvalue weighted by Gasteiger charge is -2.08. The normalized spacial score (nSPS) is 10.1. The zero-order valence-electron chi connectivity index (χ0n) is 11.1. The minimum atomic E-state index is -0.676. The molecule has 2 rings (SSSR count). The number of hydrogen-bond acceptors (Lipinski definition) is 3. The van der Waals surface area contributed by atoms with Gasteiger partial charge in [0.25, 0.3) is 5.91 Å². The number of hydrogen-bond donors (Lipinski definition) is 1. The second-order valence-corrected chi connectivity index (χ2v) is 5.54. The van der Waals surface area contributed by atoms with Crippen molar-refractivity contribution in [2.45, 2.75) is 0 Å². The lowest BCUT2D eigenvalue weighted by atomic mass is 10.2. The monoisotopic (exact) mass is 357 g/mol. The Hall–Kier alpha value is -1.75. The van der Waals surface area contributed by atoms with Crippen LogP contribution in [0.2, 0.25) is 15.1 Å². The molecular weight excluding hydrogens is 349 g/mol. The highest BCUT2D eigenvalue weighted by Crippen LogP contribution is 2.22. The van der Waals surface area contributed by atoms with Crippen LogP contribution in [0.4, 0.5) is 5.69 Å². The van der Waals surface area contributed by atoms with Gasteiger partial charge in [-0.2, -0.15) is 0 Å². The summed E-state index contributed by atoms with van der Waals surface area (Å²) in [5, 5.41) is 3.56. The van der Waals surface area contributed by atoms with Crippen LogP contribution in [0.5, 0.6) is 0 Å². The third kappa shape index (κ3) is 4.63. The third-order valence-electron chi connectivity index (χ3n) is 2.57. The van der Waals surface area contributed by atoms with Gasteiger partial charge in [-0.25, -0.2) is 4.79 Å². The first-order valence-corrected chi connectivity index (χ1v) is 7.26. The number of carbonyl (C=O) groups excluding carboxylic acids is 2. The second kappa shape index (κ2) is 7.49. The standard InChI is InChI=1S/C15H10Cl3NO3/c16-9-5-10(17)7-11(6-9)19-14(20)8-22-15(21)12-3-1-2-4-13(12)18/h1-7H,8H2,(H,19,20). The number of ether oxygens (including phenoxy) is 1. The van der Waals surface area contributed by atoms with E-state index in [1.54, 1.807) is 18.2 Å². The lowest BCUT2D eigenvalue weighted by Crippen LogP contribution is -2.21. The van der Waals surface area contributed by atoms with Gasteiger partial charge in [0.2, 0.25) is 0 Å². The molecule has 0 aliphatic heterocycles. The average Bonchev–Trinajstić information content (AvgIpc) is 2.44. The number of nitrogens with one attached hydrogen (secondary N) is 1. The van der Waals surface area contributed by atoms with E-state index in [1.165, 1.54) is 24.3 Å². The van der Waals surface area contributed by atoms with E-state index < -0.39 is 18.5 Å². The number of amides is 1. The van der Waals surface area contributed by atoms with Crippen LogP contribution in [0, 0.1) is 0 Å². The smallest absolute Gasteiger partial charge is 0.340 e. The fourth-order valence-electron chi connectivity index (χ4n) is 1.66. The van der Waals surface area contributed by atoms with Crippen molar-refractivity contribution in [1.82, 2.24) is 0 Å². The molecule has 0 spiro atoms. The maximum atomic E-state index is 11.8. The van der Waals surface area contributed by atoms with Crippen LogP contribution in [-0.2, 0) is 9.53 Å². The van der Waals surface area contributed by atoms with Crippen molar-refractivity contribution in [1.29, 1.82) is 0 Å². The van der Waals surface area contributed by atoms with Crippen LogP contribution in [0.15, 0.2) is 42.5 Å². The van der Waals surface area contributed by atoms with Crippen LogP contribution < -0.4 is 5.32 Å². The highest BCUT2D eigenvalue weighted by atomic mass is 35.5. The van der Waals surface area contributed by atoms with Gasteiger partial charge in [-0.05, 0) is 30.3 Å². The molecule has 0 atom stereocenters. The number of carbonyl (C=O) groups is 2. The summed E-state index contributed by atoms with van der Waals surface area (Å²) in [5.41, 5.74) is 0.610. The molecule has 0 radical (unpaired) electrons. The van der Waals surface area contributed by atoms with Gasteiger partial charge in [0.15, 0.2) is 6.61 Å². The zero-order valence-corrected chi connectivity index (χ0v) is 13.4. The molecule has 0 saturated heterocycles. The Labute approximate surface area is 141 Å². The van der Waals surface area contributed by atoms with Gasteiger partial charge in [-0.3, -0.25) is 4.79 Å². The predicted octanol–water partition coefficient (Wildman–Crippen LogP) is 4.44. The summed E-state index contributed by atoms with van der Waals surface area (Å²) in [5.74, 6) is -1.19. The molecule has 0 aliphatic rings. The van der Waals surface area contributed by atoms with Gasteiger partial charge >= 0.3 is 5.97 Å². The van der Waals surface area contributed by atoms with E-state index in [9.17, 15) is 9.59 Å². The predicted molar refractivity (Wildman–Crippen MR) is 86.8 cm³/mol. The van der Waals surface area contributed by atoms with E-state index >= 15 is 0 Å². The van der Waals surface area contributed by atoms with Gasteiger partial charge < -0.3 is 10.1 Å². The number of benzene rings is 2. The van der Waals surface area contributed by atoms with Gasteiger partial charge in [-0.15, -0.1) is 0 Å². The molecule has 1 N–H and O–H groups in total. The molecule has 0 aliphatic carbocycles. The SMILES string of the molecule is O=C(COC(=O)c1ccccc1Cl)Nc1cc(Cl)cc(Cl)c1. The first-order chi connectivity index (χ1) is 10.5. The van der Waals surface area contributed by atoms with Crippen molar-refractivity contribution in [3.63, 3.8) is 0 Å². The van der Waals surface area contributed by atoms with Crippen molar-refractivity contribution in [3.05, 3.63) is 63.1 Å². The maximum absolute atomic E-state index is 11.8. The fraction of sp³-hybridized carbons (Fsp3) is 0.0667. The quantitative estimate of drug-likeness (QED) is 0.822. The molecule has 0 heterocycles. The van der Waals surface area contributed by atoms with Crippen LogP contribution in [0.25, 0.3) is 0 Å². The summed E-state index contributed by atoms with van der Waals surface area (Å²) in [6.45, 7) is -0.450. The summed E-state index contributed by atoms with van der Waals surface area (Å²) >= 11 is 17.5. The Morgan fingerprint density at radius 3 is 2.27 bits per heavy atom. The molecular formula is C15H10Cl3NO3. The molecule has 114 valence electrons. The third-order valence-corrected chi connectivity index (χ3v) is 3.34. The molecule has 0 saturated carbocycles. The molecule has 2 aromatic carbocycles. The van der Waals surface area contributed by atoms with Crippen molar-refractivity contribution >= 4 is 52.4 Å². The highest BCUT2D eigenvalue weighted by Gasteiger charge is 2.13. The van der Waals surface area contributed by atoms with E-state index in [2.05, 4.69) is 5.32 Å². The van der Waals surface area contributed by atoms with E-state index in [0.717, 1.165) is 0 Å². The van der Waals surface area contributed by atoms with E-state index in [0.29, 0.717) is 15.7 Å². The minimum Gasteiger partial charge on any atom is -0.452 e. The molecule has 0 bridgehead atoms. The van der Waals surface area contributed by atoms with Gasteiger partial charge in [-0.1, -0.05) is 46.9 Å². The lowest BCUT2D eigenvalue weighted by molar-refractivity contribution is -0.119. The summed E-state index contributed by atoms with van der Waals surface area (Å²) in [6, 6.07) is 11.0. The summed E-state index contributed by atoms with van der Waals surface area (Å²) in [4.78, 5) is 23.5. The van der Waals surface area contributed by atoms with Crippen LogP contribution in [0.3, 0.4) is 0 Å². The van der Waals surface area contributed by atoms with Gasteiger partial charge in [0.05, 0.1) is 10.6 Å². The molecule has 2 aromatic rings. The molecule has 4 nitrogen and oxygen atoms in total. The molecule has 0 fully saturated rings. The molecule has 22 heavy (non-hydrogen) atoms. The molecule has 7 heteroatoms. The van der Waals surface area contributed by atoms with Crippen LogP contribution in [0.1, 0.15) is 10.4 Å². The molecule has 0 unspecified atom stereocenters. The summed E-state index contributed by atoms with van der Waals surface area (Å²) < 4.78 is 4.90. The van der Waals surface area contributed by atoms with Gasteiger partial charge in [0.1, 0.15) is 0 Å². The Morgan fingerprint density at radius 1 is 1.00 bits per heavy atom. The number of anilines is 1. The van der Waals surface area contributed by atoms with Crippen molar-refractivity contribution in [2.75, 3.05) is 11.9 Å². The summed E-state index contributed by atoms with van der Waals surface area (Å²) in [6.07, 6.45) is 0. The summed E-state index contributed by atoms with van der Waals surface area (Å²) in [7, 11) is 0. The van der Waals surface area contributed by atoms with Crippen molar-refractivity contribution in [2.24, 2.45) is 0 Å². The van der Waals surface area contributed by atoms with E-state index in [-0.39, 0.29) is 10.6 Å². The van der Waals surface area contributed by atoms with E-state index in [1.807, 2.05) is 0 Å². The van der Waals surface area contributed by atoms with Crippen molar-refractivity contribution in [3.8, 4) is 0 Å². The first-order valence-electron chi connectivity index (χ1n) is 6.13. The molecule has 1 amide bonds. The highest BCUT2D eigenvalue weighted by molar-refractivity contribution is 6.35. The Bertz CT molecular complexity index is 699. The van der Waals surface area contributed by atoms with Gasteiger partial charge in [0, 0.05) is 15.7 Å². The van der Waals surface area contributed by atoms with Crippen molar-refractivity contribution < 1.29 is 14.3 Å². The Balaban J connectivity index is 1.93. The number of rotatable bonds is 4. The maximum Gasteiger partial charge on any atom is 0.340 e. The van der Waals surface area contributed by atoms with Crippen LogP contribution in [-0.4, -0.2) is 18.5 Å². The Morgan fingerprint density at radius 2 is 1.64 bits per heavy atom. The average molecular weight is 359 g/mol. The fourth-order valence-corrected chi connectivity index (χ4v) is 2.40. The topological polar surface area (TPSA) is 55.4 Å². The second-order valence-electron chi connectivity index (χ2n) is 4.26. The number of halogens is 3. The Kier molecular flexibility index (Phi) is 5.66. The zero-order chi connectivity index (χ0) is 16.1.